The molecule has 24 heavy (non-hydrogen) atoms. The Hall–Kier alpha value is -2.04. The van der Waals surface area contributed by atoms with Crippen molar-refractivity contribution in [1.29, 1.82) is 0 Å². The molecule has 1 saturated heterocycles. The number of halogens is 1. The Balaban J connectivity index is 1.75. The van der Waals surface area contributed by atoms with Crippen LogP contribution in [0, 0.1) is 0 Å². The highest BCUT2D eigenvalue weighted by molar-refractivity contribution is 6.30. The van der Waals surface area contributed by atoms with Crippen molar-refractivity contribution in [2.75, 3.05) is 18.5 Å². The van der Waals surface area contributed by atoms with Gasteiger partial charge in [0.15, 0.2) is 0 Å². The molecule has 1 fully saturated rings. The van der Waals surface area contributed by atoms with E-state index in [1.807, 2.05) is 49.1 Å². The number of amides is 2. The second-order valence-electron chi connectivity index (χ2n) is 6.57. The minimum Gasteiger partial charge on any atom is -0.369 e. The molecule has 1 aliphatic heterocycles. The molecular weight excluding hydrogens is 324 g/mol. The standard InChI is InChI=1S/C19H21ClN2O2/c1-19(2)13-24-17(14-6-4-3-5-7-14)12-22(19)18(23)21-16-10-8-15(20)9-11-16/h3-11,17H,12-13H2,1-2H3,(H,21,23). The maximum atomic E-state index is 12.8. The quantitative estimate of drug-likeness (QED) is 0.856. The van der Waals surface area contributed by atoms with E-state index in [-0.39, 0.29) is 17.7 Å². The molecule has 2 aromatic carbocycles. The van der Waals surface area contributed by atoms with Gasteiger partial charge in [-0.2, -0.15) is 0 Å². The molecule has 0 aliphatic carbocycles. The van der Waals surface area contributed by atoms with E-state index in [0.717, 1.165) is 11.3 Å². The highest BCUT2D eigenvalue weighted by Crippen LogP contribution is 2.30. The first kappa shape index (κ1) is 16.8. The maximum absolute atomic E-state index is 12.8. The normalized spacial score (nSPS) is 19.8. The van der Waals surface area contributed by atoms with Gasteiger partial charge in [-0.3, -0.25) is 0 Å². The molecule has 1 N–H and O–H groups in total. The number of carbonyl (C=O) groups is 1. The van der Waals surface area contributed by atoms with Gasteiger partial charge in [-0.25, -0.2) is 4.79 Å². The molecule has 1 atom stereocenters. The van der Waals surface area contributed by atoms with Crippen LogP contribution < -0.4 is 5.32 Å². The highest BCUT2D eigenvalue weighted by Gasteiger charge is 2.38. The van der Waals surface area contributed by atoms with Crippen molar-refractivity contribution in [3.63, 3.8) is 0 Å². The van der Waals surface area contributed by atoms with Crippen LogP contribution in [0.15, 0.2) is 54.6 Å². The summed E-state index contributed by atoms with van der Waals surface area (Å²) in [6.45, 7) is 5.02. The van der Waals surface area contributed by atoms with Crippen LogP contribution in [0.25, 0.3) is 0 Å². The van der Waals surface area contributed by atoms with Gasteiger partial charge in [-0.1, -0.05) is 41.9 Å². The number of benzene rings is 2. The third-order valence-electron chi connectivity index (χ3n) is 4.23. The fourth-order valence-electron chi connectivity index (χ4n) is 2.80. The van der Waals surface area contributed by atoms with E-state index >= 15 is 0 Å². The third-order valence-corrected chi connectivity index (χ3v) is 4.48. The van der Waals surface area contributed by atoms with Gasteiger partial charge in [0.1, 0.15) is 6.10 Å². The lowest BCUT2D eigenvalue weighted by Crippen LogP contribution is -2.57. The Labute approximate surface area is 147 Å². The summed E-state index contributed by atoms with van der Waals surface area (Å²) in [5, 5.41) is 3.58. The molecule has 3 rings (SSSR count). The zero-order chi connectivity index (χ0) is 17.2. The summed E-state index contributed by atoms with van der Waals surface area (Å²) in [4.78, 5) is 14.6. The summed E-state index contributed by atoms with van der Waals surface area (Å²) in [6.07, 6.45) is -0.116. The molecule has 5 heteroatoms. The van der Waals surface area contributed by atoms with Crippen molar-refractivity contribution in [3.8, 4) is 0 Å². The number of ether oxygens (including phenoxy) is 1. The van der Waals surface area contributed by atoms with Crippen LogP contribution in [0.4, 0.5) is 10.5 Å². The summed E-state index contributed by atoms with van der Waals surface area (Å²) in [5.74, 6) is 0. The van der Waals surface area contributed by atoms with Gasteiger partial charge >= 0.3 is 6.03 Å². The average molecular weight is 345 g/mol. The fourth-order valence-corrected chi connectivity index (χ4v) is 2.93. The highest BCUT2D eigenvalue weighted by atomic mass is 35.5. The van der Waals surface area contributed by atoms with E-state index in [1.165, 1.54) is 0 Å². The second kappa shape index (κ2) is 6.83. The van der Waals surface area contributed by atoms with Crippen LogP contribution in [-0.4, -0.2) is 29.6 Å². The first-order chi connectivity index (χ1) is 11.5. The number of hydrogen-bond donors (Lipinski definition) is 1. The minimum atomic E-state index is -0.373. The Morgan fingerprint density at radius 1 is 1.17 bits per heavy atom. The van der Waals surface area contributed by atoms with Crippen molar-refractivity contribution >= 4 is 23.3 Å². The fraction of sp³-hybridized carbons (Fsp3) is 0.316. The van der Waals surface area contributed by atoms with Crippen molar-refractivity contribution < 1.29 is 9.53 Å². The third kappa shape index (κ3) is 3.71. The van der Waals surface area contributed by atoms with Gasteiger partial charge in [0.2, 0.25) is 0 Å². The Morgan fingerprint density at radius 2 is 1.83 bits per heavy atom. The molecule has 1 unspecified atom stereocenters. The Morgan fingerprint density at radius 3 is 2.50 bits per heavy atom. The average Bonchev–Trinajstić information content (AvgIpc) is 2.57. The Kier molecular flexibility index (Phi) is 4.78. The SMILES string of the molecule is CC1(C)COC(c2ccccc2)CN1C(=O)Nc1ccc(Cl)cc1. The van der Waals surface area contributed by atoms with Crippen molar-refractivity contribution in [2.24, 2.45) is 0 Å². The summed E-state index contributed by atoms with van der Waals surface area (Å²) in [7, 11) is 0. The maximum Gasteiger partial charge on any atom is 0.322 e. The number of carbonyl (C=O) groups excluding carboxylic acids is 1. The van der Waals surface area contributed by atoms with E-state index in [2.05, 4.69) is 5.32 Å². The summed E-state index contributed by atoms with van der Waals surface area (Å²) >= 11 is 5.89. The van der Waals surface area contributed by atoms with Gasteiger partial charge in [0.25, 0.3) is 0 Å². The van der Waals surface area contributed by atoms with Crippen LogP contribution in [-0.2, 0) is 4.74 Å². The molecule has 126 valence electrons. The van der Waals surface area contributed by atoms with E-state index in [0.29, 0.717) is 18.2 Å². The van der Waals surface area contributed by atoms with E-state index in [4.69, 9.17) is 16.3 Å². The van der Waals surface area contributed by atoms with Gasteiger partial charge in [-0.05, 0) is 43.7 Å². The largest absolute Gasteiger partial charge is 0.369 e. The van der Waals surface area contributed by atoms with Crippen LogP contribution in [0.2, 0.25) is 5.02 Å². The van der Waals surface area contributed by atoms with Crippen LogP contribution in [0.5, 0.6) is 0 Å². The number of anilines is 1. The van der Waals surface area contributed by atoms with Gasteiger partial charge in [0, 0.05) is 10.7 Å². The Bertz CT molecular complexity index is 701. The molecule has 1 heterocycles. The van der Waals surface area contributed by atoms with Gasteiger partial charge in [-0.15, -0.1) is 0 Å². The number of hydrogen-bond acceptors (Lipinski definition) is 2. The molecule has 1 aliphatic rings. The smallest absolute Gasteiger partial charge is 0.322 e. The monoisotopic (exact) mass is 344 g/mol. The molecule has 0 spiro atoms. The number of nitrogens with one attached hydrogen (secondary N) is 1. The lowest BCUT2D eigenvalue weighted by Gasteiger charge is -2.45. The molecule has 2 aromatic rings. The molecule has 4 nitrogen and oxygen atoms in total. The van der Waals surface area contributed by atoms with E-state index in [1.54, 1.807) is 24.3 Å². The summed E-state index contributed by atoms with van der Waals surface area (Å²) in [6, 6.07) is 17.0. The summed E-state index contributed by atoms with van der Waals surface area (Å²) in [5.41, 5.74) is 1.43. The van der Waals surface area contributed by atoms with Crippen LogP contribution in [0.1, 0.15) is 25.5 Å². The number of nitrogens with zero attached hydrogens (tertiary/aromatic N) is 1. The molecule has 0 radical (unpaired) electrons. The van der Waals surface area contributed by atoms with Crippen molar-refractivity contribution in [1.82, 2.24) is 4.90 Å². The molecule has 2 amide bonds. The number of morpholine rings is 1. The first-order valence-corrected chi connectivity index (χ1v) is 8.34. The van der Waals surface area contributed by atoms with Crippen molar-refractivity contribution in [2.45, 2.75) is 25.5 Å². The number of rotatable bonds is 2. The lowest BCUT2D eigenvalue weighted by atomic mass is 9.98. The van der Waals surface area contributed by atoms with E-state index < -0.39 is 0 Å². The van der Waals surface area contributed by atoms with E-state index in [9.17, 15) is 4.79 Å². The number of urea groups is 1. The first-order valence-electron chi connectivity index (χ1n) is 7.96. The molecule has 0 bridgehead atoms. The van der Waals surface area contributed by atoms with Crippen LogP contribution in [0.3, 0.4) is 0 Å². The van der Waals surface area contributed by atoms with Crippen molar-refractivity contribution in [3.05, 3.63) is 65.2 Å². The second-order valence-corrected chi connectivity index (χ2v) is 7.01. The minimum absolute atomic E-state index is 0.116. The predicted molar refractivity (Wildman–Crippen MR) is 96.4 cm³/mol. The molecule has 0 saturated carbocycles. The topological polar surface area (TPSA) is 41.6 Å². The lowest BCUT2D eigenvalue weighted by molar-refractivity contribution is -0.0783. The zero-order valence-electron chi connectivity index (χ0n) is 13.8. The van der Waals surface area contributed by atoms with Crippen LogP contribution >= 0.6 is 11.6 Å². The zero-order valence-corrected chi connectivity index (χ0v) is 14.6. The van der Waals surface area contributed by atoms with Gasteiger partial charge in [0.05, 0.1) is 18.7 Å². The van der Waals surface area contributed by atoms with Gasteiger partial charge < -0.3 is 15.0 Å². The molecule has 0 aromatic heterocycles. The predicted octanol–water partition coefficient (Wildman–Crippen LogP) is 4.72. The summed E-state index contributed by atoms with van der Waals surface area (Å²) < 4.78 is 5.99. The molecular formula is C19H21ClN2O2.